The standard InChI is InChI=1S/C14H13BrN2OS/c15-13-8-9(4-6-16-13)14(18)17-11-2-1-3-12-10(11)5-7-19-12/h4-8,11H,1-3H2,(H,17,18). The van der Waals surface area contributed by atoms with E-state index in [2.05, 4.69) is 37.7 Å². The molecule has 1 unspecified atom stereocenters. The van der Waals surface area contributed by atoms with Crippen molar-refractivity contribution in [2.45, 2.75) is 25.3 Å². The number of nitrogens with zero attached hydrogens (tertiary/aromatic N) is 1. The van der Waals surface area contributed by atoms with Crippen molar-refractivity contribution < 1.29 is 4.79 Å². The molecule has 1 amide bonds. The van der Waals surface area contributed by atoms with Gasteiger partial charge in [-0.3, -0.25) is 4.79 Å². The van der Waals surface area contributed by atoms with Crippen LogP contribution in [0.15, 0.2) is 34.4 Å². The molecule has 0 saturated carbocycles. The maximum Gasteiger partial charge on any atom is 0.251 e. The number of carbonyl (C=O) groups is 1. The van der Waals surface area contributed by atoms with Crippen LogP contribution >= 0.6 is 27.3 Å². The predicted octanol–water partition coefficient (Wildman–Crippen LogP) is 3.71. The summed E-state index contributed by atoms with van der Waals surface area (Å²) in [6.45, 7) is 0. The quantitative estimate of drug-likeness (QED) is 0.849. The number of hydrogen-bond acceptors (Lipinski definition) is 3. The van der Waals surface area contributed by atoms with Crippen LogP contribution in [-0.4, -0.2) is 10.9 Å². The third kappa shape index (κ3) is 2.72. The SMILES string of the molecule is O=C(NC1CCCc2sccc21)c1ccnc(Br)c1. The Bertz CT molecular complexity index is 611. The van der Waals surface area contributed by atoms with Crippen LogP contribution in [0.5, 0.6) is 0 Å². The van der Waals surface area contributed by atoms with Crippen molar-refractivity contribution in [1.29, 1.82) is 0 Å². The summed E-state index contributed by atoms with van der Waals surface area (Å²) in [5, 5.41) is 5.23. The minimum Gasteiger partial charge on any atom is -0.345 e. The predicted molar refractivity (Wildman–Crippen MR) is 79.4 cm³/mol. The average molecular weight is 337 g/mol. The summed E-state index contributed by atoms with van der Waals surface area (Å²) in [4.78, 5) is 17.7. The monoisotopic (exact) mass is 336 g/mol. The van der Waals surface area contributed by atoms with E-state index in [0.717, 1.165) is 19.3 Å². The Kier molecular flexibility index (Phi) is 3.66. The van der Waals surface area contributed by atoms with E-state index in [1.54, 1.807) is 29.7 Å². The number of nitrogens with one attached hydrogen (secondary N) is 1. The molecule has 0 aromatic carbocycles. The van der Waals surface area contributed by atoms with Gasteiger partial charge in [0, 0.05) is 16.6 Å². The Hall–Kier alpha value is -1.20. The first-order valence-electron chi connectivity index (χ1n) is 6.23. The number of aryl methyl sites for hydroxylation is 1. The first kappa shape index (κ1) is 12.8. The van der Waals surface area contributed by atoms with E-state index >= 15 is 0 Å². The molecule has 98 valence electrons. The lowest BCUT2D eigenvalue weighted by atomic mass is 9.94. The number of carbonyl (C=O) groups excluding carboxylic acids is 1. The van der Waals surface area contributed by atoms with Gasteiger partial charge in [-0.1, -0.05) is 0 Å². The summed E-state index contributed by atoms with van der Waals surface area (Å²) in [7, 11) is 0. The van der Waals surface area contributed by atoms with Gasteiger partial charge in [-0.15, -0.1) is 11.3 Å². The fourth-order valence-corrected chi connectivity index (χ4v) is 3.77. The second kappa shape index (κ2) is 5.43. The molecule has 0 spiro atoms. The van der Waals surface area contributed by atoms with Crippen LogP contribution in [0.4, 0.5) is 0 Å². The number of thiophene rings is 1. The third-order valence-electron chi connectivity index (χ3n) is 3.35. The number of rotatable bonds is 2. The lowest BCUT2D eigenvalue weighted by Crippen LogP contribution is -2.30. The molecule has 0 aliphatic heterocycles. The molecule has 0 fully saturated rings. The molecular weight excluding hydrogens is 324 g/mol. The number of pyridine rings is 1. The van der Waals surface area contributed by atoms with E-state index in [9.17, 15) is 4.79 Å². The summed E-state index contributed by atoms with van der Waals surface area (Å²) in [6.07, 6.45) is 4.93. The zero-order valence-electron chi connectivity index (χ0n) is 10.2. The summed E-state index contributed by atoms with van der Waals surface area (Å²) in [5.41, 5.74) is 1.93. The molecule has 19 heavy (non-hydrogen) atoms. The normalized spacial score (nSPS) is 17.8. The van der Waals surface area contributed by atoms with Gasteiger partial charge in [0.05, 0.1) is 6.04 Å². The van der Waals surface area contributed by atoms with Crippen molar-refractivity contribution >= 4 is 33.2 Å². The van der Waals surface area contributed by atoms with Crippen LogP contribution in [0.2, 0.25) is 0 Å². The fourth-order valence-electron chi connectivity index (χ4n) is 2.42. The highest BCUT2D eigenvalue weighted by Gasteiger charge is 2.23. The Morgan fingerprint density at radius 3 is 3.21 bits per heavy atom. The van der Waals surface area contributed by atoms with E-state index in [0.29, 0.717) is 10.2 Å². The van der Waals surface area contributed by atoms with E-state index in [4.69, 9.17) is 0 Å². The first-order valence-corrected chi connectivity index (χ1v) is 7.90. The van der Waals surface area contributed by atoms with Crippen LogP contribution in [-0.2, 0) is 6.42 Å². The lowest BCUT2D eigenvalue weighted by Gasteiger charge is -2.23. The summed E-state index contributed by atoms with van der Waals surface area (Å²) >= 11 is 5.07. The summed E-state index contributed by atoms with van der Waals surface area (Å²) in [5.74, 6) is -0.0350. The van der Waals surface area contributed by atoms with Crippen LogP contribution in [0.25, 0.3) is 0 Å². The van der Waals surface area contributed by atoms with Gasteiger partial charge >= 0.3 is 0 Å². The molecule has 5 heteroatoms. The van der Waals surface area contributed by atoms with Gasteiger partial charge in [-0.25, -0.2) is 4.98 Å². The fraction of sp³-hybridized carbons (Fsp3) is 0.286. The Morgan fingerprint density at radius 1 is 1.47 bits per heavy atom. The second-order valence-electron chi connectivity index (χ2n) is 4.58. The molecule has 1 aliphatic carbocycles. The van der Waals surface area contributed by atoms with E-state index in [1.807, 2.05) is 0 Å². The smallest absolute Gasteiger partial charge is 0.251 e. The van der Waals surface area contributed by atoms with Crippen LogP contribution < -0.4 is 5.32 Å². The molecule has 2 aromatic rings. The van der Waals surface area contributed by atoms with Crippen molar-refractivity contribution in [3.63, 3.8) is 0 Å². The van der Waals surface area contributed by atoms with Crippen LogP contribution in [0.3, 0.4) is 0 Å². The Morgan fingerprint density at radius 2 is 2.37 bits per heavy atom. The number of aromatic nitrogens is 1. The minimum absolute atomic E-state index is 0.0350. The highest BCUT2D eigenvalue weighted by Crippen LogP contribution is 2.33. The minimum atomic E-state index is -0.0350. The summed E-state index contributed by atoms with van der Waals surface area (Å²) in [6, 6.07) is 5.76. The number of halogens is 1. The Labute approximate surface area is 124 Å². The molecule has 2 heterocycles. The highest BCUT2D eigenvalue weighted by molar-refractivity contribution is 9.10. The molecular formula is C14H13BrN2OS. The van der Waals surface area contributed by atoms with Crippen molar-refractivity contribution in [3.05, 3.63) is 50.4 Å². The second-order valence-corrected chi connectivity index (χ2v) is 6.40. The largest absolute Gasteiger partial charge is 0.345 e. The molecule has 1 N–H and O–H groups in total. The third-order valence-corrected chi connectivity index (χ3v) is 4.78. The van der Waals surface area contributed by atoms with Crippen molar-refractivity contribution in [3.8, 4) is 0 Å². The van der Waals surface area contributed by atoms with Gasteiger partial charge in [0.15, 0.2) is 0 Å². The Balaban J connectivity index is 1.78. The zero-order valence-corrected chi connectivity index (χ0v) is 12.6. The molecule has 3 rings (SSSR count). The van der Waals surface area contributed by atoms with Crippen molar-refractivity contribution in [2.75, 3.05) is 0 Å². The van der Waals surface area contributed by atoms with Gasteiger partial charge in [0.2, 0.25) is 0 Å². The average Bonchev–Trinajstić information content (AvgIpc) is 2.88. The summed E-state index contributed by atoms with van der Waals surface area (Å²) < 4.78 is 0.681. The molecule has 0 bridgehead atoms. The van der Waals surface area contributed by atoms with E-state index in [-0.39, 0.29) is 11.9 Å². The molecule has 3 nitrogen and oxygen atoms in total. The maximum absolute atomic E-state index is 12.2. The molecule has 1 atom stereocenters. The van der Waals surface area contributed by atoms with Gasteiger partial charge in [0.1, 0.15) is 4.60 Å². The van der Waals surface area contributed by atoms with Crippen LogP contribution in [0.1, 0.15) is 39.7 Å². The topological polar surface area (TPSA) is 42.0 Å². The van der Waals surface area contributed by atoms with Crippen molar-refractivity contribution in [2.24, 2.45) is 0 Å². The van der Waals surface area contributed by atoms with E-state index < -0.39 is 0 Å². The van der Waals surface area contributed by atoms with Crippen molar-refractivity contribution in [1.82, 2.24) is 10.3 Å². The number of amides is 1. The van der Waals surface area contributed by atoms with Gasteiger partial charge in [0.25, 0.3) is 5.91 Å². The van der Waals surface area contributed by atoms with Crippen LogP contribution in [0, 0.1) is 0 Å². The lowest BCUT2D eigenvalue weighted by molar-refractivity contribution is 0.0932. The maximum atomic E-state index is 12.2. The molecule has 2 aromatic heterocycles. The molecule has 1 aliphatic rings. The van der Waals surface area contributed by atoms with Gasteiger partial charge < -0.3 is 5.32 Å². The highest BCUT2D eigenvalue weighted by atomic mass is 79.9. The first-order chi connectivity index (χ1) is 9.24. The van der Waals surface area contributed by atoms with Gasteiger partial charge in [-0.05, 0) is 64.3 Å². The number of hydrogen-bond donors (Lipinski definition) is 1. The molecule has 0 radical (unpaired) electrons. The number of fused-ring (bicyclic) bond motifs is 1. The zero-order chi connectivity index (χ0) is 13.2. The van der Waals surface area contributed by atoms with E-state index in [1.165, 1.54) is 10.4 Å². The van der Waals surface area contributed by atoms with Gasteiger partial charge in [-0.2, -0.15) is 0 Å². The molecule has 0 saturated heterocycles.